The first-order valence-corrected chi connectivity index (χ1v) is 11.4. The SMILES string of the molecule is CCN1/C(=c2\sc(=C3SC(=S)N(N)C3=O)n(CC)c2=O)C=Cc2cc(OC)ccc21. The van der Waals surface area contributed by atoms with Gasteiger partial charge in [-0.2, -0.15) is 0 Å². The van der Waals surface area contributed by atoms with Crippen LogP contribution in [0.2, 0.25) is 0 Å². The number of anilines is 1. The van der Waals surface area contributed by atoms with E-state index < -0.39 is 0 Å². The normalized spacial score (nSPS) is 19.6. The molecule has 0 spiro atoms. The standard InChI is InChI=1S/C20H20N4O3S3/c1-4-22-13-9-7-12(27-3)10-11(13)6-8-14(22)15-17(25)23(5-2)19(29-15)16-18(26)24(21)20(28)30-16/h6-10H,4-5,21H2,1-3H3/b15-14-,19-16?. The average Bonchev–Trinajstić information content (AvgIpc) is 3.22. The van der Waals surface area contributed by atoms with Gasteiger partial charge in [0, 0.05) is 24.3 Å². The molecule has 0 unspecified atom stereocenters. The van der Waals surface area contributed by atoms with Crippen LogP contribution in [-0.2, 0) is 11.3 Å². The molecule has 1 saturated heterocycles. The summed E-state index contributed by atoms with van der Waals surface area (Å²) in [5.41, 5.74) is 2.70. The molecule has 1 fully saturated rings. The number of hydrazine groups is 1. The van der Waals surface area contributed by atoms with Gasteiger partial charge >= 0.3 is 0 Å². The Morgan fingerprint density at radius 1 is 1.17 bits per heavy atom. The van der Waals surface area contributed by atoms with E-state index in [0.29, 0.717) is 27.2 Å². The molecular formula is C20H20N4O3S3. The number of thioether (sulfide) groups is 1. The maximum Gasteiger partial charge on any atom is 0.283 e. The number of nitrogens with two attached hydrogens (primary N) is 1. The molecule has 4 rings (SSSR count). The fourth-order valence-corrected chi connectivity index (χ4v) is 6.00. The molecule has 2 aliphatic heterocycles. The average molecular weight is 461 g/mol. The van der Waals surface area contributed by atoms with Crippen molar-refractivity contribution in [3.05, 3.63) is 49.4 Å². The van der Waals surface area contributed by atoms with Gasteiger partial charge in [-0.05, 0) is 49.9 Å². The molecule has 10 heteroatoms. The molecule has 1 aromatic heterocycles. The molecule has 30 heavy (non-hydrogen) atoms. The van der Waals surface area contributed by atoms with Gasteiger partial charge < -0.3 is 9.64 Å². The molecule has 3 heterocycles. The van der Waals surface area contributed by atoms with E-state index >= 15 is 0 Å². The van der Waals surface area contributed by atoms with Gasteiger partial charge in [-0.15, -0.1) is 11.3 Å². The van der Waals surface area contributed by atoms with E-state index in [1.165, 1.54) is 11.3 Å². The molecule has 0 radical (unpaired) electrons. The highest BCUT2D eigenvalue weighted by molar-refractivity contribution is 8.30. The van der Waals surface area contributed by atoms with Crippen LogP contribution in [0.25, 0.3) is 16.7 Å². The van der Waals surface area contributed by atoms with E-state index in [9.17, 15) is 9.59 Å². The molecule has 0 saturated carbocycles. The fraction of sp³-hybridized carbons (Fsp3) is 0.250. The van der Waals surface area contributed by atoms with Gasteiger partial charge in [0.25, 0.3) is 11.5 Å². The van der Waals surface area contributed by atoms with Crippen LogP contribution in [0.5, 0.6) is 5.75 Å². The summed E-state index contributed by atoms with van der Waals surface area (Å²) in [5.74, 6) is 6.13. The fourth-order valence-electron chi connectivity index (χ4n) is 3.50. The number of ether oxygens (including phenoxy) is 1. The maximum absolute atomic E-state index is 13.3. The number of nitrogens with zero attached hydrogens (tertiary/aromatic N) is 3. The van der Waals surface area contributed by atoms with E-state index in [2.05, 4.69) is 4.90 Å². The van der Waals surface area contributed by atoms with Crippen molar-refractivity contribution in [2.75, 3.05) is 18.6 Å². The second-order valence-corrected chi connectivity index (χ2v) is 9.19. The van der Waals surface area contributed by atoms with E-state index in [1.807, 2.05) is 44.2 Å². The number of carbonyl (C=O) groups is 1. The first-order chi connectivity index (χ1) is 14.4. The minimum atomic E-state index is -0.381. The number of aromatic nitrogens is 1. The van der Waals surface area contributed by atoms with Gasteiger partial charge in [-0.3, -0.25) is 14.2 Å². The van der Waals surface area contributed by atoms with E-state index in [4.69, 9.17) is 22.8 Å². The maximum atomic E-state index is 13.3. The molecular weight excluding hydrogens is 440 g/mol. The number of likely N-dealkylation sites (N-methyl/N-ethyl adjacent to an activating group) is 1. The number of carbonyl (C=O) groups excluding carboxylic acids is 1. The monoisotopic (exact) mass is 460 g/mol. The number of fused-ring (bicyclic) bond motifs is 1. The van der Waals surface area contributed by atoms with Crippen molar-refractivity contribution >= 4 is 67.9 Å². The Labute approximate surface area is 186 Å². The lowest BCUT2D eigenvalue weighted by molar-refractivity contribution is -0.120. The van der Waals surface area contributed by atoms with Crippen molar-refractivity contribution in [1.82, 2.24) is 9.58 Å². The van der Waals surface area contributed by atoms with Crippen molar-refractivity contribution in [3.8, 4) is 5.75 Å². The smallest absolute Gasteiger partial charge is 0.283 e. The van der Waals surface area contributed by atoms with Crippen LogP contribution in [0, 0.1) is 0 Å². The van der Waals surface area contributed by atoms with Crippen LogP contribution < -0.4 is 30.2 Å². The highest BCUT2D eigenvalue weighted by atomic mass is 32.2. The highest BCUT2D eigenvalue weighted by Crippen LogP contribution is 2.33. The molecule has 2 N–H and O–H groups in total. The molecule has 1 aromatic carbocycles. The number of thiazole rings is 1. The Balaban J connectivity index is 2.00. The van der Waals surface area contributed by atoms with Crippen LogP contribution in [0.3, 0.4) is 0 Å². The Kier molecular flexibility index (Phi) is 5.58. The van der Waals surface area contributed by atoms with E-state index in [1.54, 1.807) is 11.7 Å². The first-order valence-electron chi connectivity index (χ1n) is 9.34. The third-order valence-electron chi connectivity index (χ3n) is 4.98. The summed E-state index contributed by atoms with van der Waals surface area (Å²) in [4.78, 5) is 28.3. The number of thiocarbonyl (C=S) groups is 1. The number of amides is 1. The van der Waals surface area contributed by atoms with Crippen LogP contribution in [0.15, 0.2) is 29.1 Å². The zero-order chi connectivity index (χ0) is 21.6. The van der Waals surface area contributed by atoms with Crippen molar-refractivity contribution in [2.24, 2.45) is 5.84 Å². The van der Waals surface area contributed by atoms with Crippen LogP contribution in [0.4, 0.5) is 5.69 Å². The van der Waals surface area contributed by atoms with Gasteiger partial charge in [-0.25, -0.2) is 10.9 Å². The third kappa shape index (κ3) is 3.20. The second-order valence-electron chi connectivity index (χ2n) is 6.55. The zero-order valence-electron chi connectivity index (χ0n) is 16.7. The Morgan fingerprint density at radius 3 is 2.53 bits per heavy atom. The molecule has 7 nitrogen and oxygen atoms in total. The third-order valence-corrected chi connectivity index (χ3v) is 7.70. The van der Waals surface area contributed by atoms with Gasteiger partial charge in [0.15, 0.2) is 4.32 Å². The molecule has 0 bridgehead atoms. The lowest BCUT2D eigenvalue weighted by Crippen LogP contribution is -2.37. The topological polar surface area (TPSA) is 80.8 Å². The second kappa shape index (κ2) is 8.03. The van der Waals surface area contributed by atoms with Crippen LogP contribution in [-0.4, -0.2) is 33.5 Å². The predicted molar refractivity (Wildman–Crippen MR) is 127 cm³/mol. The van der Waals surface area contributed by atoms with Gasteiger partial charge in [0.05, 0.1) is 12.8 Å². The number of hydrogen-bond donors (Lipinski definition) is 1. The van der Waals surface area contributed by atoms with Crippen LogP contribution in [0.1, 0.15) is 19.4 Å². The largest absolute Gasteiger partial charge is 0.497 e. The zero-order valence-corrected chi connectivity index (χ0v) is 19.1. The number of benzene rings is 1. The minimum Gasteiger partial charge on any atom is -0.497 e. The predicted octanol–water partition coefficient (Wildman–Crippen LogP) is 1.44. The number of methoxy groups -OCH3 is 1. The molecule has 0 aliphatic carbocycles. The Morgan fingerprint density at radius 2 is 1.93 bits per heavy atom. The van der Waals surface area contributed by atoms with Gasteiger partial charge in [0.2, 0.25) is 0 Å². The van der Waals surface area contributed by atoms with Crippen molar-refractivity contribution in [2.45, 2.75) is 20.4 Å². The van der Waals surface area contributed by atoms with Crippen molar-refractivity contribution < 1.29 is 9.53 Å². The molecule has 0 atom stereocenters. The molecule has 2 aliphatic rings. The number of rotatable bonds is 3. The summed E-state index contributed by atoms with van der Waals surface area (Å²) >= 11 is 7.57. The summed E-state index contributed by atoms with van der Waals surface area (Å²) < 4.78 is 8.38. The molecule has 156 valence electrons. The van der Waals surface area contributed by atoms with Gasteiger partial charge in [-0.1, -0.05) is 18.3 Å². The Hall–Kier alpha value is -2.40. The van der Waals surface area contributed by atoms with Crippen molar-refractivity contribution in [1.29, 1.82) is 0 Å². The van der Waals surface area contributed by atoms with Gasteiger partial charge in [0.1, 0.15) is 19.8 Å². The lowest BCUT2D eigenvalue weighted by atomic mass is 10.1. The van der Waals surface area contributed by atoms with E-state index in [-0.39, 0.29) is 15.8 Å². The summed E-state index contributed by atoms with van der Waals surface area (Å²) in [7, 11) is 1.64. The summed E-state index contributed by atoms with van der Waals surface area (Å²) in [6.07, 6.45) is 3.92. The highest BCUT2D eigenvalue weighted by Gasteiger charge is 2.32. The summed E-state index contributed by atoms with van der Waals surface area (Å²) in [6, 6.07) is 5.86. The first kappa shape index (κ1) is 20.9. The van der Waals surface area contributed by atoms with Crippen LogP contribution >= 0.6 is 35.3 Å². The Bertz CT molecular complexity index is 1280. The minimum absolute atomic E-state index is 0.130. The van der Waals surface area contributed by atoms with Crippen molar-refractivity contribution in [3.63, 3.8) is 0 Å². The lowest BCUT2D eigenvalue weighted by Gasteiger charge is -2.29. The van der Waals surface area contributed by atoms with E-state index in [0.717, 1.165) is 39.5 Å². The molecule has 1 amide bonds. The molecule has 2 aromatic rings. The number of hydrogen-bond acceptors (Lipinski definition) is 8. The quantitative estimate of drug-likeness (QED) is 0.422. The summed E-state index contributed by atoms with van der Waals surface area (Å²) in [5, 5.41) is 0.953. The summed E-state index contributed by atoms with van der Waals surface area (Å²) in [6.45, 7) is 5.04.